The summed E-state index contributed by atoms with van der Waals surface area (Å²) in [5.41, 5.74) is 1.49. The van der Waals surface area contributed by atoms with Crippen molar-refractivity contribution in [2.24, 2.45) is 0 Å². The molecule has 0 unspecified atom stereocenters. The van der Waals surface area contributed by atoms with Gasteiger partial charge < -0.3 is 14.2 Å². The number of aromatic nitrogens is 4. The Hall–Kier alpha value is -3.43. The van der Waals surface area contributed by atoms with Gasteiger partial charge in [0.1, 0.15) is 0 Å². The number of halogens is 1. The van der Waals surface area contributed by atoms with Crippen molar-refractivity contribution in [3.05, 3.63) is 64.9 Å². The van der Waals surface area contributed by atoms with Crippen LogP contribution >= 0.6 is 22.9 Å². The molecule has 1 aromatic carbocycles. The van der Waals surface area contributed by atoms with Crippen LogP contribution in [0.2, 0.25) is 5.02 Å². The van der Waals surface area contributed by atoms with E-state index in [1.54, 1.807) is 23.5 Å². The molecule has 1 fully saturated rings. The largest absolute Gasteiger partial charge is 0.459 e. The highest BCUT2D eigenvalue weighted by atomic mass is 35.5. The van der Waals surface area contributed by atoms with Crippen LogP contribution < -0.4 is 4.90 Å². The fourth-order valence-corrected chi connectivity index (χ4v) is 5.22. The third-order valence-electron chi connectivity index (χ3n) is 5.93. The summed E-state index contributed by atoms with van der Waals surface area (Å²) in [5.74, 6) is 1.75. The fraction of sp³-hybridized carbons (Fsp3) is 0.217. The number of furan rings is 1. The highest BCUT2D eigenvalue weighted by molar-refractivity contribution is 7.13. The van der Waals surface area contributed by atoms with E-state index in [9.17, 15) is 4.79 Å². The number of anilines is 1. The van der Waals surface area contributed by atoms with E-state index >= 15 is 0 Å². The molecular formula is C23H19ClN6O2S. The van der Waals surface area contributed by atoms with Crippen LogP contribution in [0.5, 0.6) is 0 Å². The second-order valence-electron chi connectivity index (χ2n) is 8.00. The zero-order chi connectivity index (χ0) is 22.5. The van der Waals surface area contributed by atoms with Gasteiger partial charge in [-0.1, -0.05) is 17.7 Å². The fourth-order valence-electron chi connectivity index (χ4n) is 4.35. The number of nitrogens with zero attached hydrogens (tertiary/aromatic N) is 6. The van der Waals surface area contributed by atoms with Crippen LogP contribution in [0.4, 0.5) is 5.95 Å². The Kier molecular flexibility index (Phi) is 4.81. The van der Waals surface area contributed by atoms with Crippen LogP contribution in [0.15, 0.2) is 58.5 Å². The molecule has 1 saturated heterocycles. The first-order valence-corrected chi connectivity index (χ1v) is 11.8. The summed E-state index contributed by atoms with van der Waals surface area (Å²) in [5, 5.41) is 12.5. The van der Waals surface area contributed by atoms with E-state index in [-0.39, 0.29) is 11.9 Å². The summed E-state index contributed by atoms with van der Waals surface area (Å²) in [6, 6.07) is 13.0. The van der Waals surface area contributed by atoms with Gasteiger partial charge in [-0.05, 0) is 48.7 Å². The van der Waals surface area contributed by atoms with Gasteiger partial charge in [-0.3, -0.25) is 4.79 Å². The van der Waals surface area contributed by atoms with Gasteiger partial charge in [0.15, 0.2) is 17.2 Å². The Balaban J connectivity index is 1.45. The first-order valence-electron chi connectivity index (χ1n) is 10.6. The molecular weight excluding hydrogens is 460 g/mol. The van der Waals surface area contributed by atoms with Crippen molar-refractivity contribution < 1.29 is 9.21 Å². The van der Waals surface area contributed by atoms with Gasteiger partial charge in [0.25, 0.3) is 5.91 Å². The van der Waals surface area contributed by atoms with Gasteiger partial charge in [0.2, 0.25) is 5.95 Å². The summed E-state index contributed by atoms with van der Waals surface area (Å²) in [7, 11) is 0. The molecule has 4 aromatic heterocycles. The molecule has 6 rings (SSSR count). The van der Waals surface area contributed by atoms with Crippen LogP contribution in [-0.2, 0) is 0 Å². The summed E-state index contributed by atoms with van der Waals surface area (Å²) in [4.78, 5) is 22.9. The minimum atomic E-state index is -0.0980. The van der Waals surface area contributed by atoms with E-state index in [1.165, 1.54) is 6.26 Å². The standard InChI is InChI=1S/C23H19ClN6O2S/c1-14-13-28(8-9-29(14)22(31)18-4-2-10-32-18)23-25-17-12-15(24)6-7-16(17)20-26-27-21(30(20)23)19-5-3-11-33-19/h2-7,10-12,14H,8-9,13H2,1H3/t14-/m1/s1. The molecule has 33 heavy (non-hydrogen) atoms. The van der Waals surface area contributed by atoms with E-state index in [0.29, 0.717) is 30.4 Å². The predicted octanol–water partition coefficient (Wildman–Crippen LogP) is 4.60. The van der Waals surface area contributed by atoms with Crippen molar-refractivity contribution in [2.75, 3.05) is 24.5 Å². The van der Waals surface area contributed by atoms with Crippen molar-refractivity contribution in [2.45, 2.75) is 13.0 Å². The number of amides is 1. The van der Waals surface area contributed by atoms with Crippen molar-refractivity contribution in [3.63, 3.8) is 0 Å². The van der Waals surface area contributed by atoms with Crippen LogP contribution in [0, 0.1) is 0 Å². The van der Waals surface area contributed by atoms with Crippen molar-refractivity contribution in [1.82, 2.24) is 24.5 Å². The number of carbonyl (C=O) groups is 1. The Morgan fingerprint density at radius 1 is 1.18 bits per heavy atom. The van der Waals surface area contributed by atoms with Crippen LogP contribution in [0.3, 0.4) is 0 Å². The average molecular weight is 479 g/mol. The highest BCUT2D eigenvalue weighted by Crippen LogP contribution is 2.32. The lowest BCUT2D eigenvalue weighted by molar-refractivity contribution is 0.0640. The van der Waals surface area contributed by atoms with Crippen molar-refractivity contribution in [1.29, 1.82) is 0 Å². The number of carbonyl (C=O) groups excluding carboxylic acids is 1. The Morgan fingerprint density at radius 3 is 2.85 bits per heavy atom. The smallest absolute Gasteiger partial charge is 0.289 e. The molecule has 1 atom stereocenters. The Labute approximate surface area is 198 Å². The normalized spacial score (nSPS) is 16.7. The first kappa shape index (κ1) is 20.2. The van der Waals surface area contributed by atoms with Crippen molar-refractivity contribution >= 4 is 51.3 Å². The molecule has 8 nitrogen and oxygen atoms in total. The van der Waals surface area contributed by atoms with Gasteiger partial charge in [0, 0.05) is 36.1 Å². The molecule has 0 N–H and O–H groups in total. The van der Waals surface area contributed by atoms with Gasteiger partial charge in [0.05, 0.1) is 16.7 Å². The maximum atomic E-state index is 12.9. The molecule has 1 aliphatic heterocycles. The lowest BCUT2D eigenvalue weighted by Crippen LogP contribution is -2.54. The molecule has 1 amide bonds. The zero-order valence-corrected chi connectivity index (χ0v) is 19.3. The SMILES string of the molecule is C[C@@H]1CN(c2nc3cc(Cl)ccc3c3nnc(-c4cccs4)n23)CCN1C(=O)c1ccco1. The summed E-state index contributed by atoms with van der Waals surface area (Å²) >= 11 is 7.88. The lowest BCUT2D eigenvalue weighted by atomic mass is 10.1. The first-order chi connectivity index (χ1) is 16.1. The zero-order valence-electron chi connectivity index (χ0n) is 17.7. The molecule has 5 heterocycles. The summed E-state index contributed by atoms with van der Waals surface area (Å²) < 4.78 is 7.34. The van der Waals surface area contributed by atoms with Crippen LogP contribution in [0.1, 0.15) is 17.5 Å². The van der Waals surface area contributed by atoms with Crippen LogP contribution in [0.25, 0.3) is 27.3 Å². The minimum Gasteiger partial charge on any atom is -0.459 e. The van der Waals surface area contributed by atoms with E-state index in [1.807, 2.05) is 51.9 Å². The monoisotopic (exact) mass is 478 g/mol. The highest BCUT2D eigenvalue weighted by Gasteiger charge is 2.32. The number of thiophene rings is 1. The number of fused-ring (bicyclic) bond motifs is 3. The van der Waals surface area contributed by atoms with E-state index in [0.717, 1.165) is 33.2 Å². The van der Waals surface area contributed by atoms with E-state index in [4.69, 9.17) is 21.0 Å². The number of piperazine rings is 1. The molecule has 5 aromatic rings. The van der Waals surface area contributed by atoms with Gasteiger partial charge in [-0.25, -0.2) is 9.38 Å². The molecule has 0 radical (unpaired) electrons. The average Bonchev–Trinajstić information content (AvgIpc) is 3.59. The number of rotatable bonds is 3. The molecule has 1 aliphatic rings. The summed E-state index contributed by atoms with van der Waals surface area (Å²) in [6.07, 6.45) is 1.52. The Bertz CT molecular complexity index is 1460. The molecule has 0 spiro atoms. The minimum absolute atomic E-state index is 0.0371. The van der Waals surface area contributed by atoms with Crippen LogP contribution in [-0.4, -0.2) is 56.1 Å². The maximum absolute atomic E-state index is 12.9. The third kappa shape index (κ3) is 3.35. The van der Waals surface area contributed by atoms with Gasteiger partial charge >= 0.3 is 0 Å². The number of benzene rings is 1. The predicted molar refractivity (Wildman–Crippen MR) is 128 cm³/mol. The summed E-state index contributed by atoms with van der Waals surface area (Å²) in [6.45, 7) is 3.82. The number of hydrogen-bond acceptors (Lipinski definition) is 7. The van der Waals surface area contributed by atoms with Gasteiger partial charge in [-0.15, -0.1) is 21.5 Å². The molecule has 0 aliphatic carbocycles. The second kappa shape index (κ2) is 7.86. The second-order valence-corrected chi connectivity index (χ2v) is 9.39. The Morgan fingerprint density at radius 2 is 2.09 bits per heavy atom. The molecule has 0 saturated carbocycles. The third-order valence-corrected chi connectivity index (χ3v) is 7.03. The molecule has 10 heteroatoms. The molecule has 166 valence electrons. The van der Waals surface area contributed by atoms with Crippen molar-refractivity contribution in [3.8, 4) is 10.7 Å². The van der Waals surface area contributed by atoms with Gasteiger partial charge in [-0.2, -0.15) is 0 Å². The quantitative estimate of drug-likeness (QED) is 0.377. The number of hydrogen-bond donors (Lipinski definition) is 0. The lowest BCUT2D eigenvalue weighted by Gasteiger charge is -2.40. The maximum Gasteiger partial charge on any atom is 0.289 e. The molecule has 0 bridgehead atoms. The van der Waals surface area contributed by atoms with E-state index in [2.05, 4.69) is 15.1 Å². The topological polar surface area (TPSA) is 79.8 Å². The van der Waals surface area contributed by atoms with E-state index < -0.39 is 0 Å².